The van der Waals surface area contributed by atoms with Gasteiger partial charge < -0.3 is 9.64 Å². The molecule has 0 aliphatic carbocycles. The third-order valence-corrected chi connectivity index (χ3v) is 3.85. The van der Waals surface area contributed by atoms with E-state index < -0.39 is 0 Å². The zero-order chi connectivity index (χ0) is 18.1. The first-order chi connectivity index (χ1) is 11.1. The van der Waals surface area contributed by atoms with Crippen LogP contribution in [0.4, 0.5) is 0 Å². The van der Waals surface area contributed by atoms with Crippen molar-refractivity contribution in [1.82, 2.24) is 24.6 Å². The third-order valence-electron chi connectivity index (χ3n) is 3.85. The van der Waals surface area contributed by atoms with E-state index in [2.05, 4.69) is 15.1 Å². The van der Waals surface area contributed by atoms with E-state index in [9.17, 15) is 4.79 Å². The van der Waals surface area contributed by atoms with Crippen LogP contribution in [0.5, 0.6) is 5.75 Å². The normalized spacial score (nSPS) is 11.5. The van der Waals surface area contributed by atoms with Gasteiger partial charge in [-0.1, -0.05) is 0 Å². The fourth-order valence-corrected chi connectivity index (χ4v) is 2.38. The van der Waals surface area contributed by atoms with Crippen molar-refractivity contribution in [1.29, 1.82) is 0 Å². The first kappa shape index (κ1) is 17.9. The third kappa shape index (κ3) is 3.55. The predicted molar refractivity (Wildman–Crippen MR) is 91.1 cm³/mol. The monoisotopic (exact) mass is 331 g/mol. The van der Waals surface area contributed by atoms with Crippen LogP contribution in [0.25, 0.3) is 0 Å². The Bertz CT molecular complexity index is 746. The zero-order valence-electron chi connectivity index (χ0n) is 15.4. The Morgan fingerprint density at radius 2 is 1.96 bits per heavy atom. The summed E-state index contributed by atoms with van der Waals surface area (Å²) in [6, 6.07) is 0. The van der Waals surface area contributed by atoms with Crippen molar-refractivity contribution in [2.45, 2.75) is 46.7 Å². The Labute approximate surface area is 142 Å². The summed E-state index contributed by atoms with van der Waals surface area (Å²) in [5.41, 5.74) is 2.49. The lowest BCUT2D eigenvalue weighted by Gasteiger charge is -2.19. The van der Waals surface area contributed by atoms with Gasteiger partial charge in [-0.2, -0.15) is 0 Å². The molecule has 7 nitrogen and oxygen atoms in total. The molecule has 0 saturated heterocycles. The summed E-state index contributed by atoms with van der Waals surface area (Å²) in [6.07, 6.45) is 3.34. The summed E-state index contributed by atoms with van der Waals surface area (Å²) in [5, 5.41) is 4.28. The van der Waals surface area contributed by atoms with Gasteiger partial charge in [-0.3, -0.25) is 9.78 Å². The van der Waals surface area contributed by atoms with Gasteiger partial charge >= 0.3 is 0 Å². The molecule has 0 spiro atoms. The highest BCUT2D eigenvalue weighted by Crippen LogP contribution is 2.24. The van der Waals surface area contributed by atoms with Crippen LogP contribution < -0.4 is 4.74 Å². The van der Waals surface area contributed by atoms with Gasteiger partial charge in [-0.05, 0) is 34.6 Å². The fraction of sp³-hybridized carbons (Fsp3) is 0.529. The minimum Gasteiger partial charge on any atom is -0.496 e. The number of nitrogens with zero attached hydrogens (tertiary/aromatic N) is 5. The molecule has 2 rings (SSSR count). The number of aromatic nitrogens is 4. The van der Waals surface area contributed by atoms with Gasteiger partial charge in [0.2, 0.25) is 5.82 Å². The number of hydrogen-bond acceptors (Lipinski definition) is 5. The Hall–Kier alpha value is -2.44. The van der Waals surface area contributed by atoms with Crippen LogP contribution in [-0.2, 0) is 12.1 Å². The Balaban J connectivity index is 2.19. The van der Waals surface area contributed by atoms with Crippen molar-refractivity contribution in [2.75, 3.05) is 14.2 Å². The number of rotatable bonds is 4. The van der Waals surface area contributed by atoms with Crippen molar-refractivity contribution in [3.63, 3.8) is 0 Å². The molecule has 24 heavy (non-hydrogen) atoms. The van der Waals surface area contributed by atoms with Crippen LogP contribution in [0.3, 0.4) is 0 Å². The van der Waals surface area contributed by atoms with Crippen molar-refractivity contribution in [2.24, 2.45) is 0 Å². The van der Waals surface area contributed by atoms with Gasteiger partial charge in [-0.25, -0.2) is 9.67 Å². The summed E-state index contributed by atoms with van der Waals surface area (Å²) in [6.45, 7) is 10.3. The lowest BCUT2D eigenvalue weighted by molar-refractivity contribution is 0.0770. The Kier molecular flexibility index (Phi) is 4.91. The topological polar surface area (TPSA) is 73.1 Å². The van der Waals surface area contributed by atoms with Gasteiger partial charge in [0.15, 0.2) is 0 Å². The van der Waals surface area contributed by atoms with E-state index in [1.165, 1.54) is 0 Å². The second-order valence-electron chi connectivity index (χ2n) is 6.89. The van der Waals surface area contributed by atoms with E-state index in [1.807, 2.05) is 34.6 Å². The number of hydrogen-bond donors (Lipinski definition) is 0. The van der Waals surface area contributed by atoms with Crippen molar-refractivity contribution < 1.29 is 9.53 Å². The fourth-order valence-electron chi connectivity index (χ4n) is 2.38. The molecule has 0 aliphatic heterocycles. The average Bonchev–Trinajstić information content (AvgIpc) is 3.00. The van der Waals surface area contributed by atoms with Gasteiger partial charge in [0.25, 0.3) is 5.91 Å². The number of methoxy groups -OCH3 is 1. The van der Waals surface area contributed by atoms with Crippen LogP contribution in [0, 0.1) is 13.8 Å². The highest BCUT2D eigenvalue weighted by Gasteiger charge is 2.22. The average molecular weight is 331 g/mol. The van der Waals surface area contributed by atoms with E-state index in [1.54, 1.807) is 36.3 Å². The second-order valence-corrected chi connectivity index (χ2v) is 6.89. The van der Waals surface area contributed by atoms with E-state index in [0.29, 0.717) is 6.54 Å². The quantitative estimate of drug-likeness (QED) is 0.859. The highest BCUT2D eigenvalue weighted by molar-refractivity contribution is 5.90. The first-order valence-electron chi connectivity index (χ1n) is 7.81. The molecular formula is C17H25N5O2. The van der Waals surface area contributed by atoms with E-state index >= 15 is 0 Å². The minimum absolute atomic E-state index is 0.184. The lowest BCUT2D eigenvalue weighted by Crippen LogP contribution is -2.29. The smallest absolute Gasteiger partial charge is 0.293 e. The number of carbonyl (C=O) groups excluding carboxylic acids is 1. The lowest BCUT2D eigenvalue weighted by atomic mass is 10.1. The molecule has 0 fully saturated rings. The molecule has 7 heteroatoms. The van der Waals surface area contributed by atoms with E-state index in [4.69, 9.17) is 4.74 Å². The molecule has 0 N–H and O–H groups in total. The largest absolute Gasteiger partial charge is 0.496 e. The number of ether oxygens (including phenoxy) is 1. The van der Waals surface area contributed by atoms with Crippen LogP contribution in [0.1, 0.15) is 48.2 Å². The zero-order valence-corrected chi connectivity index (χ0v) is 15.4. The molecule has 1 amide bonds. The molecule has 0 atom stereocenters. The second kappa shape index (κ2) is 6.59. The summed E-state index contributed by atoms with van der Waals surface area (Å²) in [4.78, 5) is 22.7. The van der Waals surface area contributed by atoms with E-state index in [-0.39, 0.29) is 17.3 Å². The van der Waals surface area contributed by atoms with Gasteiger partial charge in [-0.15, -0.1) is 5.10 Å². The molecule has 0 aliphatic rings. The molecule has 2 aromatic heterocycles. The van der Waals surface area contributed by atoms with Crippen molar-refractivity contribution in [3.8, 4) is 5.75 Å². The van der Waals surface area contributed by atoms with Crippen LogP contribution in [0.15, 0.2) is 12.5 Å². The van der Waals surface area contributed by atoms with Crippen molar-refractivity contribution in [3.05, 3.63) is 35.2 Å². The number of pyridine rings is 1. The maximum atomic E-state index is 12.6. The number of aryl methyl sites for hydroxylation is 1. The summed E-state index contributed by atoms with van der Waals surface area (Å²) >= 11 is 0. The summed E-state index contributed by atoms with van der Waals surface area (Å²) < 4.78 is 7.10. The Morgan fingerprint density at radius 3 is 2.50 bits per heavy atom. The maximum absolute atomic E-state index is 12.6. The van der Waals surface area contributed by atoms with Crippen molar-refractivity contribution >= 4 is 5.91 Å². The predicted octanol–water partition coefficient (Wildman–Crippen LogP) is 2.33. The molecule has 130 valence electrons. The first-order valence-corrected chi connectivity index (χ1v) is 7.81. The van der Waals surface area contributed by atoms with Crippen LogP contribution in [-0.4, -0.2) is 44.7 Å². The molecular weight excluding hydrogens is 306 g/mol. The standard InChI is InChI=1S/C17H25N5O2/c1-11-8-18-13(12(2)14(11)24-7)9-21(6)16(23)15-19-10-22(20-15)17(3,4)5/h8,10H,9H2,1-7H3. The number of amides is 1. The minimum atomic E-state index is -0.237. The Morgan fingerprint density at radius 1 is 1.29 bits per heavy atom. The maximum Gasteiger partial charge on any atom is 0.293 e. The van der Waals surface area contributed by atoms with Gasteiger partial charge in [0.05, 0.1) is 24.9 Å². The summed E-state index contributed by atoms with van der Waals surface area (Å²) in [7, 11) is 3.35. The highest BCUT2D eigenvalue weighted by atomic mass is 16.5. The summed E-state index contributed by atoms with van der Waals surface area (Å²) in [5.74, 6) is 0.749. The molecule has 0 bridgehead atoms. The number of carbonyl (C=O) groups is 1. The van der Waals surface area contributed by atoms with Gasteiger partial charge in [0, 0.05) is 24.4 Å². The van der Waals surface area contributed by atoms with Crippen LogP contribution >= 0.6 is 0 Å². The van der Waals surface area contributed by atoms with Gasteiger partial charge in [0.1, 0.15) is 12.1 Å². The molecule has 0 radical (unpaired) electrons. The molecule has 2 aromatic rings. The molecule has 2 heterocycles. The SMILES string of the molecule is COc1c(C)cnc(CN(C)C(=O)c2ncn(C(C)(C)C)n2)c1C. The van der Waals surface area contributed by atoms with E-state index in [0.717, 1.165) is 22.6 Å². The molecule has 0 aromatic carbocycles. The van der Waals surface area contributed by atoms with Crippen LogP contribution in [0.2, 0.25) is 0 Å². The molecule has 0 unspecified atom stereocenters. The molecule has 0 saturated carbocycles.